The van der Waals surface area contributed by atoms with Crippen molar-refractivity contribution in [3.8, 4) is 0 Å². The van der Waals surface area contributed by atoms with Gasteiger partial charge in [-0.2, -0.15) is 0 Å². The molecule has 0 aromatic heterocycles. The van der Waals surface area contributed by atoms with Gasteiger partial charge in [-0.1, -0.05) is 151 Å². The molecule has 0 aliphatic rings. The van der Waals surface area contributed by atoms with Crippen molar-refractivity contribution in [3.05, 3.63) is 107 Å². The summed E-state index contributed by atoms with van der Waals surface area (Å²) in [6.07, 6.45) is 11.1. The zero-order valence-corrected chi connectivity index (χ0v) is 41.0. The molecular formula is C53H73F2N7O9. The molecule has 3 aromatic rings. The Hall–Kier alpha value is -6.72. The van der Waals surface area contributed by atoms with E-state index in [9.17, 15) is 52.2 Å². The fourth-order valence-electron chi connectivity index (χ4n) is 7.98. The minimum absolute atomic E-state index is 0.0521. The third kappa shape index (κ3) is 23.2. The Labute approximate surface area is 415 Å². The number of carbonyl (C=O) groups is 8. The van der Waals surface area contributed by atoms with E-state index in [0.717, 1.165) is 81.9 Å². The summed E-state index contributed by atoms with van der Waals surface area (Å²) in [7, 11) is 0. The molecule has 0 aliphatic heterocycles. The summed E-state index contributed by atoms with van der Waals surface area (Å²) in [5.74, 6) is -8.29. The quantitative estimate of drug-likeness (QED) is 0.0352. The van der Waals surface area contributed by atoms with Crippen molar-refractivity contribution in [2.75, 3.05) is 0 Å². The SMILES string of the molecule is CCC(C)[C@@H](NC(=O)C(Cc1ccc(F)c(F)c1)NC(=O)CCCCCCCCCCCCCCC(=O)N[C@H](CC(=O)N[C@@H](Cc1ccccc1)C(=O)O)C(N)=O)C(=O)N[C@@H](Cc1ccccc1)C(N)=O. The third-order valence-electron chi connectivity index (χ3n) is 12.4. The second-order valence-electron chi connectivity index (χ2n) is 18.2. The Balaban J connectivity index is 1.34. The molecule has 388 valence electrons. The van der Waals surface area contributed by atoms with Crippen LogP contribution in [-0.2, 0) is 57.6 Å². The highest BCUT2D eigenvalue weighted by Gasteiger charge is 2.32. The van der Waals surface area contributed by atoms with Crippen LogP contribution < -0.4 is 38.1 Å². The van der Waals surface area contributed by atoms with E-state index in [2.05, 4.69) is 26.6 Å². The summed E-state index contributed by atoms with van der Waals surface area (Å²) in [6.45, 7) is 3.60. The van der Waals surface area contributed by atoms with E-state index in [1.54, 1.807) is 61.5 Å². The van der Waals surface area contributed by atoms with E-state index in [0.29, 0.717) is 24.8 Å². The van der Waals surface area contributed by atoms with E-state index in [-0.39, 0.29) is 43.6 Å². The smallest absolute Gasteiger partial charge is 0.326 e. The first-order valence-corrected chi connectivity index (χ1v) is 24.8. The number of halogens is 2. The maximum atomic E-state index is 14.2. The van der Waals surface area contributed by atoms with Crippen molar-refractivity contribution >= 4 is 47.3 Å². The minimum Gasteiger partial charge on any atom is -0.480 e. The first-order valence-electron chi connectivity index (χ1n) is 24.8. The maximum absolute atomic E-state index is 14.2. The number of nitrogens with two attached hydrogens (primary N) is 2. The van der Waals surface area contributed by atoms with Gasteiger partial charge in [0.25, 0.3) is 0 Å². The Kier molecular flexibility index (Phi) is 26.6. The van der Waals surface area contributed by atoms with E-state index < -0.39 is 95.6 Å². The monoisotopic (exact) mass is 990 g/mol. The largest absolute Gasteiger partial charge is 0.480 e. The van der Waals surface area contributed by atoms with Crippen LogP contribution >= 0.6 is 0 Å². The number of carboxylic acid groups (broad SMARTS) is 1. The van der Waals surface area contributed by atoms with Crippen LogP contribution in [0.3, 0.4) is 0 Å². The summed E-state index contributed by atoms with van der Waals surface area (Å²) in [4.78, 5) is 102. The number of unbranched alkanes of at least 4 members (excludes halogenated alkanes) is 11. The Morgan fingerprint density at radius 2 is 0.930 bits per heavy atom. The van der Waals surface area contributed by atoms with Crippen molar-refractivity contribution in [3.63, 3.8) is 0 Å². The molecular weight excluding hydrogens is 917 g/mol. The first-order chi connectivity index (χ1) is 34.0. The number of carboxylic acids is 1. The van der Waals surface area contributed by atoms with Crippen LogP contribution in [0.4, 0.5) is 8.78 Å². The van der Waals surface area contributed by atoms with Gasteiger partial charge in [0.1, 0.15) is 30.2 Å². The highest BCUT2D eigenvalue weighted by atomic mass is 19.2. The van der Waals surface area contributed by atoms with Crippen molar-refractivity contribution in [2.45, 2.75) is 166 Å². The molecule has 2 unspecified atom stereocenters. The molecule has 0 aliphatic carbocycles. The summed E-state index contributed by atoms with van der Waals surface area (Å²) in [6, 6.07) is 15.2. The van der Waals surface area contributed by atoms with E-state index in [1.165, 1.54) is 6.07 Å². The van der Waals surface area contributed by atoms with Gasteiger partial charge in [0.15, 0.2) is 11.6 Å². The lowest BCUT2D eigenvalue weighted by molar-refractivity contribution is -0.142. The van der Waals surface area contributed by atoms with Crippen LogP contribution in [0.25, 0.3) is 0 Å². The Morgan fingerprint density at radius 3 is 1.38 bits per heavy atom. The van der Waals surface area contributed by atoms with Gasteiger partial charge < -0.3 is 43.2 Å². The summed E-state index contributed by atoms with van der Waals surface area (Å²) >= 11 is 0. The second-order valence-corrected chi connectivity index (χ2v) is 18.2. The van der Waals surface area contributed by atoms with E-state index in [4.69, 9.17) is 11.5 Å². The zero-order chi connectivity index (χ0) is 52.1. The highest BCUT2D eigenvalue weighted by Crippen LogP contribution is 2.16. The number of hydrogen-bond donors (Lipinski definition) is 8. The molecule has 0 spiro atoms. The lowest BCUT2D eigenvalue weighted by Crippen LogP contribution is -2.58. The van der Waals surface area contributed by atoms with Crippen LogP contribution in [0.1, 0.15) is 133 Å². The Bertz CT molecular complexity index is 2180. The van der Waals surface area contributed by atoms with E-state index in [1.807, 2.05) is 13.0 Å². The van der Waals surface area contributed by atoms with Crippen LogP contribution in [0.5, 0.6) is 0 Å². The number of hydrogen-bond acceptors (Lipinski definition) is 8. The molecule has 3 rings (SSSR count). The van der Waals surface area contributed by atoms with Crippen molar-refractivity contribution < 1.29 is 52.2 Å². The molecule has 0 fully saturated rings. The zero-order valence-electron chi connectivity index (χ0n) is 41.0. The van der Waals surface area contributed by atoms with Gasteiger partial charge in [0.05, 0.1) is 6.42 Å². The number of amides is 7. The summed E-state index contributed by atoms with van der Waals surface area (Å²) in [5, 5.41) is 22.6. The normalized spacial score (nSPS) is 13.6. The molecule has 0 heterocycles. The molecule has 10 N–H and O–H groups in total. The molecule has 0 saturated carbocycles. The molecule has 6 atom stereocenters. The molecule has 0 bridgehead atoms. The van der Waals surface area contributed by atoms with Crippen molar-refractivity contribution in [1.82, 2.24) is 26.6 Å². The second kappa shape index (κ2) is 32.2. The number of primary amides is 2. The van der Waals surface area contributed by atoms with Gasteiger partial charge in [-0.25, -0.2) is 13.6 Å². The number of carbonyl (C=O) groups excluding carboxylic acids is 7. The molecule has 18 heteroatoms. The van der Waals surface area contributed by atoms with Crippen molar-refractivity contribution in [2.24, 2.45) is 17.4 Å². The first kappa shape index (κ1) is 58.6. The van der Waals surface area contributed by atoms with Gasteiger partial charge in [-0.15, -0.1) is 0 Å². The predicted molar refractivity (Wildman–Crippen MR) is 265 cm³/mol. The Morgan fingerprint density at radius 1 is 0.493 bits per heavy atom. The fourth-order valence-corrected chi connectivity index (χ4v) is 7.98. The predicted octanol–water partition coefficient (Wildman–Crippen LogP) is 5.37. The van der Waals surface area contributed by atoms with Gasteiger partial charge in [-0.05, 0) is 47.6 Å². The standard InChI is InChI=1S/C53H73F2N7O9/c1-3-35(2)48(52(69)61-41(49(56)66)31-36-22-16-14-17-23-36)62-51(68)43(33-38-28-29-39(54)40(55)30-38)59-46(64)27-21-13-11-9-7-5-4-6-8-10-12-20-26-45(63)58-42(50(57)67)34-47(65)60-44(53(70)71)32-37-24-18-15-19-25-37/h14-19,22-25,28-30,35,41-44,48H,3-13,20-21,26-27,31-34H2,1-2H3,(H2,56,66)(H2,57,67)(H,58,63)(H,59,64)(H,60,65)(H,61,69)(H,62,68)(H,70,71)/t35?,41-,42+,43?,44-,48+/m0/s1. The highest BCUT2D eigenvalue weighted by molar-refractivity contribution is 5.95. The average molecular weight is 990 g/mol. The molecule has 3 aromatic carbocycles. The van der Waals surface area contributed by atoms with Gasteiger partial charge >= 0.3 is 5.97 Å². The summed E-state index contributed by atoms with van der Waals surface area (Å²) < 4.78 is 28.0. The van der Waals surface area contributed by atoms with Crippen LogP contribution in [0, 0.1) is 17.6 Å². The molecule has 0 saturated heterocycles. The maximum Gasteiger partial charge on any atom is 0.326 e. The van der Waals surface area contributed by atoms with Gasteiger partial charge in [-0.3, -0.25) is 33.6 Å². The average Bonchev–Trinajstić information content (AvgIpc) is 3.33. The van der Waals surface area contributed by atoms with Gasteiger partial charge in [0, 0.05) is 32.1 Å². The number of nitrogens with one attached hydrogen (secondary N) is 5. The topological polar surface area (TPSA) is 269 Å². The van der Waals surface area contributed by atoms with E-state index >= 15 is 0 Å². The number of benzene rings is 3. The number of aliphatic carboxylic acids is 1. The minimum atomic E-state index is -1.27. The van der Waals surface area contributed by atoms with Crippen molar-refractivity contribution in [1.29, 1.82) is 0 Å². The van der Waals surface area contributed by atoms with Crippen LogP contribution in [-0.4, -0.2) is 82.6 Å². The molecule has 71 heavy (non-hydrogen) atoms. The molecule has 0 radical (unpaired) electrons. The molecule has 16 nitrogen and oxygen atoms in total. The lowest BCUT2D eigenvalue weighted by atomic mass is 9.96. The van der Waals surface area contributed by atoms with Crippen LogP contribution in [0.15, 0.2) is 78.9 Å². The lowest BCUT2D eigenvalue weighted by Gasteiger charge is -2.28. The molecule has 7 amide bonds. The fraction of sp³-hybridized carbons (Fsp3) is 0.509. The van der Waals surface area contributed by atoms with Crippen LogP contribution in [0.2, 0.25) is 0 Å². The van der Waals surface area contributed by atoms with Gasteiger partial charge in [0.2, 0.25) is 41.4 Å². The third-order valence-corrected chi connectivity index (χ3v) is 12.4. The number of rotatable bonds is 35. The summed E-state index contributed by atoms with van der Waals surface area (Å²) in [5.41, 5.74) is 12.8.